The number of halogens is 1. The summed E-state index contributed by atoms with van der Waals surface area (Å²) in [6.07, 6.45) is 7.99. The summed E-state index contributed by atoms with van der Waals surface area (Å²) >= 11 is 3.77. The molecule has 0 aromatic heterocycles. The largest absolute Gasteiger partial charge is 0.396 e. The first-order valence-corrected chi connectivity index (χ1v) is 8.54. The van der Waals surface area contributed by atoms with E-state index in [1.807, 2.05) is 0 Å². The molecule has 20 heavy (non-hydrogen) atoms. The van der Waals surface area contributed by atoms with Crippen molar-refractivity contribution < 1.29 is 5.11 Å². The number of aliphatic hydroxyl groups is 1. The summed E-state index contributed by atoms with van der Waals surface area (Å²) in [5.74, 6) is 0. The normalized spacial score (nSPS) is 17.5. The van der Waals surface area contributed by atoms with Gasteiger partial charge in [0.1, 0.15) is 0 Å². The molecule has 0 aliphatic rings. The molecule has 1 unspecified atom stereocenters. The molecule has 0 fully saturated rings. The van der Waals surface area contributed by atoms with Crippen LogP contribution in [0.1, 0.15) is 74.7 Å². The summed E-state index contributed by atoms with van der Waals surface area (Å²) in [4.78, 5) is 0. The van der Waals surface area contributed by atoms with Crippen molar-refractivity contribution in [2.45, 2.75) is 79.0 Å². The SMILES string of the molecule is CCC(C)(/C=C/C(C)(C)CC(C)(C)CO)CC(C)(C)Br. The van der Waals surface area contributed by atoms with Crippen molar-refractivity contribution in [3.8, 4) is 0 Å². The van der Waals surface area contributed by atoms with Gasteiger partial charge >= 0.3 is 0 Å². The average Bonchev–Trinajstić information content (AvgIpc) is 2.23. The minimum atomic E-state index is -0.0227. The van der Waals surface area contributed by atoms with Gasteiger partial charge in [-0.05, 0) is 35.5 Å². The Kier molecular flexibility index (Phi) is 7.02. The zero-order valence-electron chi connectivity index (χ0n) is 14.8. The van der Waals surface area contributed by atoms with Crippen LogP contribution >= 0.6 is 15.9 Å². The fraction of sp³-hybridized carbons (Fsp3) is 0.889. The quantitative estimate of drug-likeness (QED) is 0.424. The van der Waals surface area contributed by atoms with Crippen molar-refractivity contribution >= 4 is 15.9 Å². The summed E-state index contributed by atoms with van der Waals surface area (Å²) in [6.45, 7) is 18.1. The van der Waals surface area contributed by atoms with Crippen molar-refractivity contribution in [1.29, 1.82) is 0 Å². The molecule has 0 aliphatic heterocycles. The van der Waals surface area contributed by atoms with Gasteiger partial charge in [0.05, 0.1) is 0 Å². The Bertz CT molecular complexity index is 323. The second-order valence-corrected chi connectivity index (χ2v) is 10.9. The number of hydrogen-bond donors (Lipinski definition) is 1. The lowest BCUT2D eigenvalue weighted by atomic mass is 9.72. The summed E-state index contributed by atoms with van der Waals surface area (Å²) in [5.41, 5.74) is 0.303. The Morgan fingerprint density at radius 3 is 1.75 bits per heavy atom. The van der Waals surface area contributed by atoms with Crippen LogP contribution in [0.3, 0.4) is 0 Å². The lowest BCUT2D eigenvalue weighted by Crippen LogP contribution is -2.27. The van der Waals surface area contributed by atoms with Crippen molar-refractivity contribution in [2.24, 2.45) is 16.2 Å². The van der Waals surface area contributed by atoms with Gasteiger partial charge in [0.15, 0.2) is 0 Å². The van der Waals surface area contributed by atoms with Gasteiger partial charge in [0.2, 0.25) is 0 Å². The standard InChI is InChI=1S/C18H35BrO/c1-9-18(8,13-17(6,7)19)11-10-15(2,3)12-16(4,5)14-20/h10-11,20H,9,12-14H2,1-8H3/b11-10+. The average molecular weight is 347 g/mol. The summed E-state index contributed by atoms with van der Waals surface area (Å²) in [6, 6.07) is 0. The first kappa shape index (κ1) is 20.2. The minimum absolute atomic E-state index is 0.0227. The van der Waals surface area contributed by atoms with Gasteiger partial charge in [-0.2, -0.15) is 0 Å². The van der Waals surface area contributed by atoms with Crippen LogP contribution in [0.15, 0.2) is 12.2 Å². The molecule has 1 N–H and O–H groups in total. The van der Waals surface area contributed by atoms with E-state index in [-0.39, 0.29) is 27.2 Å². The monoisotopic (exact) mass is 346 g/mol. The van der Waals surface area contributed by atoms with E-state index in [9.17, 15) is 5.11 Å². The molecule has 0 saturated heterocycles. The van der Waals surface area contributed by atoms with Crippen molar-refractivity contribution in [1.82, 2.24) is 0 Å². The Morgan fingerprint density at radius 2 is 1.40 bits per heavy atom. The van der Waals surface area contributed by atoms with Gasteiger partial charge in [0, 0.05) is 10.9 Å². The maximum Gasteiger partial charge on any atom is 0.0482 e. The van der Waals surface area contributed by atoms with Gasteiger partial charge in [-0.3, -0.25) is 0 Å². The van der Waals surface area contributed by atoms with Crippen LogP contribution < -0.4 is 0 Å². The van der Waals surface area contributed by atoms with E-state index >= 15 is 0 Å². The topological polar surface area (TPSA) is 20.2 Å². The molecule has 0 aliphatic carbocycles. The number of aliphatic hydroxyl groups excluding tert-OH is 1. The van der Waals surface area contributed by atoms with Crippen LogP contribution in [0, 0.1) is 16.2 Å². The molecule has 0 radical (unpaired) electrons. The third kappa shape index (κ3) is 8.46. The molecule has 1 nitrogen and oxygen atoms in total. The molecule has 0 aromatic rings. The van der Waals surface area contributed by atoms with Crippen molar-refractivity contribution in [3.63, 3.8) is 0 Å². The van der Waals surface area contributed by atoms with Gasteiger partial charge in [0.25, 0.3) is 0 Å². The van der Waals surface area contributed by atoms with E-state index in [4.69, 9.17) is 0 Å². The zero-order valence-corrected chi connectivity index (χ0v) is 16.4. The Morgan fingerprint density at radius 1 is 0.900 bits per heavy atom. The Labute approximate surface area is 135 Å². The third-order valence-corrected chi connectivity index (χ3v) is 4.21. The van der Waals surface area contributed by atoms with E-state index in [1.165, 1.54) is 0 Å². The van der Waals surface area contributed by atoms with Crippen molar-refractivity contribution in [2.75, 3.05) is 6.61 Å². The first-order chi connectivity index (χ1) is 8.74. The molecular formula is C18H35BrO. The molecule has 120 valence electrons. The van der Waals surface area contributed by atoms with E-state index in [2.05, 4.69) is 83.5 Å². The highest BCUT2D eigenvalue weighted by Crippen LogP contribution is 2.40. The summed E-state index contributed by atoms with van der Waals surface area (Å²) in [5, 5.41) is 9.45. The van der Waals surface area contributed by atoms with E-state index in [0.717, 1.165) is 19.3 Å². The highest BCUT2D eigenvalue weighted by atomic mass is 79.9. The van der Waals surface area contributed by atoms with Gasteiger partial charge < -0.3 is 5.11 Å². The van der Waals surface area contributed by atoms with Gasteiger partial charge in [-0.25, -0.2) is 0 Å². The van der Waals surface area contributed by atoms with Crippen molar-refractivity contribution in [3.05, 3.63) is 12.2 Å². The highest BCUT2D eigenvalue weighted by molar-refractivity contribution is 9.10. The minimum Gasteiger partial charge on any atom is -0.396 e. The molecule has 0 spiro atoms. The number of hydrogen-bond acceptors (Lipinski definition) is 1. The summed E-state index contributed by atoms with van der Waals surface area (Å²) < 4.78 is 0.163. The number of rotatable bonds is 8. The molecule has 0 heterocycles. The van der Waals surface area contributed by atoms with Crippen LogP contribution in [0.2, 0.25) is 0 Å². The third-order valence-electron chi connectivity index (χ3n) is 3.93. The first-order valence-electron chi connectivity index (χ1n) is 7.74. The smallest absolute Gasteiger partial charge is 0.0482 e. The molecule has 1 atom stereocenters. The van der Waals surface area contributed by atoms with E-state index < -0.39 is 0 Å². The molecule has 2 heteroatoms. The molecule has 0 saturated carbocycles. The molecule has 0 bridgehead atoms. The molecule has 0 amide bonds. The second kappa shape index (κ2) is 6.96. The second-order valence-electron chi connectivity index (χ2n) is 8.72. The maximum atomic E-state index is 9.45. The van der Waals surface area contributed by atoms with Gasteiger partial charge in [-0.15, -0.1) is 0 Å². The predicted octanol–water partition coefficient (Wildman–Crippen LogP) is 5.96. The van der Waals surface area contributed by atoms with E-state index in [0.29, 0.717) is 0 Å². The number of alkyl halides is 1. The fourth-order valence-electron chi connectivity index (χ4n) is 3.04. The molecule has 0 aromatic carbocycles. The van der Waals surface area contributed by atoms with Crippen LogP contribution in [-0.4, -0.2) is 16.0 Å². The van der Waals surface area contributed by atoms with Crippen LogP contribution in [0.25, 0.3) is 0 Å². The number of allylic oxidation sites excluding steroid dienone is 2. The fourth-order valence-corrected chi connectivity index (χ4v) is 3.68. The Balaban J connectivity index is 4.96. The van der Waals surface area contributed by atoms with Crippen LogP contribution in [-0.2, 0) is 0 Å². The maximum absolute atomic E-state index is 9.45. The van der Waals surface area contributed by atoms with Crippen LogP contribution in [0.4, 0.5) is 0 Å². The summed E-state index contributed by atoms with van der Waals surface area (Å²) in [7, 11) is 0. The van der Waals surface area contributed by atoms with E-state index in [1.54, 1.807) is 0 Å². The zero-order chi connectivity index (χ0) is 16.2. The Hall–Kier alpha value is 0.180. The van der Waals surface area contributed by atoms with Gasteiger partial charge in [-0.1, -0.05) is 83.5 Å². The lowest BCUT2D eigenvalue weighted by Gasteiger charge is -2.35. The lowest BCUT2D eigenvalue weighted by molar-refractivity contribution is 0.119. The predicted molar refractivity (Wildman–Crippen MR) is 94.4 cm³/mol. The molecular weight excluding hydrogens is 312 g/mol. The highest BCUT2D eigenvalue weighted by Gasteiger charge is 2.30. The van der Waals surface area contributed by atoms with Crippen LogP contribution in [0.5, 0.6) is 0 Å². The molecule has 0 rings (SSSR count).